The highest BCUT2D eigenvalue weighted by molar-refractivity contribution is 7.71. The molecule has 1 atom stereocenters. The molecule has 2 heterocycles. The average Bonchev–Trinajstić information content (AvgIpc) is 2.70. The lowest BCUT2D eigenvalue weighted by molar-refractivity contribution is 0.331. The van der Waals surface area contributed by atoms with Gasteiger partial charge in [0.15, 0.2) is 4.77 Å². The van der Waals surface area contributed by atoms with Crippen molar-refractivity contribution in [2.24, 2.45) is 5.92 Å². The maximum Gasteiger partial charge on any atom is 0.251 e. The minimum atomic E-state index is -0.122. The van der Waals surface area contributed by atoms with E-state index >= 15 is 0 Å². The van der Waals surface area contributed by atoms with E-state index in [1.165, 1.54) is 19.0 Å². The molecule has 0 saturated carbocycles. The number of likely N-dealkylation sites (tertiary alicyclic amines) is 1. The Bertz CT molecular complexity index is 465. The highest BCUT2D eigenvalue weighted by Gasteiger charge is 2.21. The SMILES string of the molecule is CCN1CCC(Cn2ccc(=O)[nH]c2=S)C1. The molecule has 88 valence electrons. The first kappa shape index (κ1) is 11.5. The van der Waals surface area contributed by atoms with E-state index in [0.29, 0.717) is 10.7 Å². The number of hydrogen-bond acceptors (Lipinski definition) is 3. The van der Waals surface area contributed by atoms with E-state index in [4.69, 9.17) is 12.2 Å². The lowest BCUT2D eigenvalue weighted by Gasteiger charge is -2.14. The minimum absolute atomic E-state index is 0.122. The molecule has 16 heavy (non-hydrogen) atoms. The molecule has 1 aromatic rings. The molecular weight excluding hydrogens is 222 g/mol. The van der Waals surface area contributed by atoms with Crippen LogP contribution in [0.5, 0.6) is 0 Å². The maximum absolute atomic E-state index is 11.0. The zero-order valence-electron chi connectivity index (χ0n) is 9.48. The van der Waals surface area contributed by atoms with Crippen LogP contribution in [0, 0.1) is 10.7 Å². The van der Waals surface area contributed by atoms with Crippen LogP contribution in [0.25, 0.3) is 0 Å². The largest absolute Gasteiger partial charge is 0.325 e. The first-order chi connectivity index (χ1) is 7.69. The van der Waals surface area contributed by atoms with Gasteiger partial charge in [0.2, 0.25) is 0 Å². The van der Waals surface area contributed by atoms with Crippen molar-refractivity contribution in [1.29, 1.82) is 0 Å². The Hall–Kier alpha value is -0.940. The van der Waals surface area contributed by atoms with Crippen LogP contribution in [0.4, 0.5) is 0 Å². The van der Waals surface area contributed by atoms with E-state index in [1.807, 2.05) is 4.57 Å². The molecule has 0 aliphatic carbocycles. The van der Waals surface area contributed by atoms with E-state index in [0.717, 1.165) is 19.6 Å². The van der Waals surface area contributed by atoms with Crippen molar-refractivity contribution in [1.82, 2.24) is 14.5 Å². The summed E-state index contributed by atoms with van der Waals surface area (Å²) >= 11 is 5.13. The normalized spacial score (nSPS) is 21.4. The van der Waals surface area contributed by atoms with Gasteiger partial charge in [-0.25, -0.2) is 0 Å². The predicted molar refractivity (Wildman–Crippen MR) is 66.1 cm³/mol. The van der Waals surface area contributed by atoms with Crippen molar-refractivity contribution in [3.8, 4) is 0 Å². The third-order valence-corrected chi connectivity index (χ3v) is 3.51. The molecule has 0 spiro atoms. The quantitative estimate of drug-likeness (QED) is 0.807. The van der Waals surface area contributed by atoms with Gasteiger partial charge in [0.25, 0.3) is 5.56 Å². The molecule has 0 aromatic carbocycles. The minimum Gasteiger partial charge on any atom is -0.325 e. The number of hydrogen-bond donors (Lipinski definition) is 1. The predicted octanol–water partition coefficient (Wildman–Crippen LogP) is 1.25. The number of H-pyrrole nitrogens is 1. The van der Waals surface area contributed by atoms with Crippen LogP contribution in [0.2, 0.25) is 0 Å². The van der Waals surface area contributed by atoms with Crippen molar-refractivity contribution in [3.05, 3.63) is 27.4 Å². The monoisotopic (exact) mass is 239 g/mol. The van der Waals surface area contributed by atoms with Crippen LogP contribution in [0.15, 0.2) is 17.1 Å². The molecule has 0 radical (unpaired) electrons. The summed E-state index contributed by atoms with van der Waals surface area (Å²) in [7, 11) is 0. The Balaban J connectivity index is 2.05. The zero-order valence-corrected chi connectivity index (χ0v) is 10.3. The van der Waals surface area contributed by atoms with Crippen molar-refractivity contribution in [2.45, 2.75) is 19.9 Å². The van der Waals surface area contributed by atoms with Crippen LogP contribution in [0.3, 0.4) is 0 Å². The van der Waals surface area contributed by atoms with Gasteiger partial charge in [-0.3, -0.25) is 9.78 Å². The zero-order chi connectivity index (χ0) is 11.5. The van der Waals surface area contributed by atoms with Crippen molar-refractivity contribution < 1.29 is 0 Å². The van der Waals surface area contributed by atoms with Gasteiger partial charge in [-0.05, 0) is 37.6 Å². The fourth-order valence-electron chi connectivity index (χ4n) is 2.22. The van der Waals surface area contributed by atoms with Crippen LogP contribution >= 0.6 is 12.2 Å². The fourth-order valence-corrected chi connectivity index (χ4v) is 2.45. The van der Waals surface area contributed by atoms with Gasteiger partial charge in [-0.2, -0.15) is 0 Å². The summed E-state index contributed by atoms with van der Waals surface area (Å²) in [6.45, 7) is 6.53. The lowest BCUT2D eigenvalue weighted by Crippen LogP contribution is -2.22. The Morgan fingerprint density at radius 3 is 3.06 bits per heavy atom. The van der Waals surface area contributed by atoms with Crippen molar-refractivity contribution in [3.63, 3.8) is 0 Å². The summed E-state index contributed by atoms with van der Waals surface area (Å²) in [5.74, 6) is 0.651. The topological polar surface area (TPSA) is 41.0 Å². The molecule has 1 aromatic heterocycles. The molecule has 4 nitrogen and oxygen atoms in total. The molecule has 5 heteroatoms. The van der Waals surface area contributed by atoms with E-state index < -0.39 is 0 Å². The highest BCUT2D eigenvalue weighted by Crippen LogP contribution is 2.17. The molecule has 1 saturated heterocycles. The molecule has 0 bridgehead atoms. The number of rotatable bonds is 3. The second kappa shape index (κ2) is 4.93. The van der Waals surface area contributed by atoms with Gasteiger partial charge < -0.3 is 9.47 Å². The molecule has 1 aliphatic rings. The molecule has 2 rings (SSSR count). The molecular formula is C11H17N3OS. The smallest absolute Gasteiger partial charge is 0.251 e. The first-order valence-electron chi connectivity index (χ1n) is 5.71. The van der Waals surface area contributed by atoms with Crippen LogP contribution in [0.1, 0.15) is 13.3 Å². The van der Waals surface area contributed by atoms with Crippen molar-refractivity contribution >= 4 is 12.2 Å². The molecule has 1 fully saturated rings. The van der Waals surface area contributed by atoms with Gasteiger partial charge in [0, 0.05) is 25.4 Å². The van der Waals surface area contributed by atoms with Gasteiger partial charge >= 0.3 is 0 Å². The Morgan fingerprint density at radius 1 is 1.62 bits per heavy atom. The Morgan fingerprint density at radius 2 is 2.44 bits per heavy atom. The second-order valence-corrected chi connectivity index (χ2v) is 4.70. The maximum atomic E-state index is 11.0. The number of nitrogens with one attached hydrogen (secondary N) is 1. The van der Waals surface area contributed by atoms with Crippen LogP contribution in [-0.4, -0.2) is 34.1 Å². The summed E-state index contributed by atoms with van der Waals surface area (Å²) < 4.78 is 2.49. The van der Waals surface area contributed by atoms with E-state index in [2.05, 4.69) is 16.8 Å². The fraction of sp³-hybridized carbons (Fsp3) is 0.636. The van der Waals surface area contributed by atoms with Gasteiger partial charge in [0.1, 0.15) is 0 Å². The number of aromatic amines is 1. The third kappa shape index (κ3) is 2.59. The van der Waals surface area contributed by atoms with Crippen LogP contribution in [-0.2, 0) is 6.54 Å². The lowest BCUT2D eigenvalue weighted by atomic mass is 10.1. The first-order valence-corrected chi connectivity index (χ1v) is 6.12. The summed E-state index contributed by atoms with van der Waals surface area (Å²) in [5.41, 5.74) is -0.122. The third-order valence-electron chi connectivity index (χ3n) is 3.17. The van der Waals surface area contributed by atoms with E-state index in [-0.39, 0.29) is 5.56 Å². The summed E-state index contributed by atoms with van der Waals surface area (Å²) in [6, 6.07) is 1.53. The summed E-state index contributed by atoms with van der Waals surface area (Å²) in [6.07, 6.45) is 3.00. The van der Waals surface area contributed by atoms with E-state index in [1.54, 1.807) is 6.20 Å². The molecule has 0 amide bonds. The number of aromatic nitrogens is 2. The molecule has 1 aliphatic heterocycles. The van der Waals surface area contributed by atoms with Crippen molar-refractivity contribution in [2.75, 3.05) is 19.6 Å². The number of nitrogens with zero attached hydrogens (tertiary/aromatic N) is 2. The summed E-state index contributed by atoms with van der Waals surface area (Å²) in [4.78, 5) is 16.1. The van der Waals surface area contributed by atoms with Crippen LogP contribution < -0.4 is 5.56 Å². The highest BCUT2D eigenvalue weighted by atomic mass is 32.1. The second-order valence-electron chi connectivity index (χ2n) is 4.31. The van der Waals surface area contributed by atoms with Gasteiger partial charge in [-0.1, -0.05) is 6.92 Å². The molecule has 1 N–H and O–H groups in total. The Kier molecular flexibility index (Phi) is 3.56. The molecule has 1 unspecified atom stereocenters. The van der Waals surface area contributed by atoms with Gasteiger partial charge in [-0.15, -0.1) is 0 Å². The average molecular weight is 239 g/mol. The van der Waals surface area contributed by atoms with E-state index in [9.17, 15) is 4.79 Å². The standard InChI is InChI=1S/C11H17N3OS/c1-2-13-5-3-9(7-13)8-14-6-4-10(15)12-11(14)16/h4,6,9H,2-3,5,7-8H2,1H3,(H,12,15,16). The summed E-state index contributed by atoms with van der Waals surface area (Å²) in [5, 5.41) is 0. The Labute approximate surface area is 99.9 Å². The van der Waals surface area contributed by atoms with Gasteiger partial charge in [0.05, 0.1) is 0 Å².